The zero-order valence-corrected chi connectivity index (χ0v) is 18.1. The van der Waals surface area contributed by atoms with Crippen LogP contribution in [0, 0.1) is 25.2 Å². The van der Waals surface area contributed by atoms with E-state index in [-0.39, 0.29) is 29.5 Å². The Morgan fingerprint density at radius 1 is 1.10 bits per heavy atom. The van der Waals surface area contributed by atoms with Gasteiger partial charge in [-0.3, -0.25) is 4.79 Å². The van der Waals surface area contributed by atoms with Crippen LogP contribution in [0.5, 0.6) is 0 Å². The van der Waals surface area contributed by atoms with Crippen LogP contribution in [-0.4, -0.2) is 55.5 Å². The molecule has 1 aliphatic rings. The zero-order chi connectivity index (χ0) is 21.0. The van der Waals surface area contributed by atoms with E-state index in [9.17, 15) is 18.5 Å². The number of piperazine rings is 1. The van der Waals surface area contributed by atoms with Crippen LogP contribution >= 0.6 is 11.8 Å². The van der Waals surface area contributed by atoms with Crippen molar-refractivity contribution in [1.29, 1.82) is 5.26 Å². The number of nitrogens with zero attached hydrogens (tertiary/aromatic N) is 3. The molecule has 1 amide bonds. The molecule has 1 fully saturated rings. The second-order valence-corrected chi connectivity index (χ2v) is 9.87. The first-order chi connectivity index (χ1) is 13.8. The Labute approximate surface area is 176 Å². The number of hydrogen-bond donors (Lipinski definition) is 0. The molecule has 1 saturated heterocycles. The van der Waals surface area contributed by atoms with Crippen molar-refractivity contribution < 1.29 is 13.2 Å². The number of nitriles is 1. The lowest BCUT2D eigenvalue weighted by atomic mass is 10.2. The summed E-state index contributed by atoms with van der Waals surface area (Å²) in [6.45, 7) is 5.21. The summed E-state index contributed by atoms with van der Waals surface area (Å²) < 4.78 is 27.1. The van der Waals surface area contributed by atoms with Crippen molar-refractivity contribution in [3.8, 4) is 6.07 Å². The standard InChI is InChI=1S/C21H23N3O3S2/c1-16-7-8-19(17(2)13-16)28-15-21(25)23-9-11-24(12-10-23)29(26,27)20-6-4-3-5-18(20)14-22/h3-8,13H,9-12,15H2,1-2H3. The Balaban J connectivity index is 1.60. The molecule has 1 aliphatic heterocycles. The average Bonchev–Trinajstić information content (AvgIpc) is 2.73. The van der Waals surface area contributed by atoms with Gasteiger partial charge in [0, 0.05) is 31.1 Å². The van der Waals surface area contributed by atoms with E-state index >= 15 is 0 Å². The smallest absolute Gasteiger partial charge is 0.244 e. The van der Waals surface area contributed by atoms with E-state index in [1.807, 2.05) is 32.0 Å². The predicted molar refractivity (Wildman–Crippen MR) is 113 cm³/mol. The highest BCUT2D eigenvalue weighted by Crippen LogP contribution is 2.24. The van der Waals surface area contributed by atoms with Gasteiger partial charge in [-0.2, -0.15) is 9.57 Å². The number of carbonyl (C=O) groups excluding carboxylic acids is 1. The number of rotatable bonds is 5. The maximum atomic E-state index is 12.9. The van der Waals surface area contributed by atoms with Gasteiger partial charge in [0.05, 0.1) is 16.2 Å². The molecule has 2 aromatic carbocycles. The van der Waals surface area contributed by atoms with Gasteiger partial charge in [0.25, 0.3) is 0 Å². The fraction of sp³-hybridized carbons (Fsp3) is 0.333. The third kappa shape index (κ3) is 4.81. The molecular weight excluding hydrogens is 406 g/mol. The molecule has 6 nitrogen and oxygen atoms in total. The molecule has 0 bridgehead atoms. The fourth-order valence-electron chi connectivity index (χ4n) is 3.29. The summed E-state index contributed by atoms with van der Waals surface area (Å²) >= 11 is 1.51. The number of hydrogen-bond acceptors (Lipinski definition) is 5. The van der Waals surface area contributed by atoms with Crippen LogP contribution in [-0.2, 0) is 14.8 Å². The summed E-state index contributed by atoms with van der Waals surface area (Å²) in [7, 11) is -3.75. The molecule has 29 heavy (non-hydrogen) atoms. The zero-order valence-electron chi connectivity index (χ0n) is 16.5. The van der Waals surface area contributed by atoms with E-state index in [0.717, 1.165) is 10.5 Å². The minimum atomic E-state index is -3.75. The van der Waals surface area contributed by atoms with E-state index in [1.54, 1.807) is 17.0 Å². The van der Waals surface area contributed by atoms with Crippen LogP contribution in [0.3, 0.4) is 0 Å². The van der Waals surface area contributed by atoms with Gasteiger partial charge in [-0.1, -0.05) is 29.8 Å². The maximum Gasteiger partial charge on any atom is 0.244 e. The van der Waals surface area contributed by atoms with E-state index in [4.69, 9.17) is 0 Å². The first-order valence-electron chi connectivity index (χ1n) is 9.30. The van der Waals surface area contributed by atoms with E-state index in [2.05, 4.69) is 6.07 Å². The topological polar surface area (TPSA) is 81.5 Å². The first-order valence-corrected chi connectivity index (χ1v) is 11.7. The van der Waals surface area contributed by atoms with E-state index < -0.39 is 10.0 Å². The Morgan fingerprint density at radius 2 is 1.79 bits per heavy atom. The monoisotopic (exact) mass is 429 g/mol. The Morgan fingerprint density at radius 3 is 2.45 bits per heavy atom. The largest absolute Gasteiger partial charge is 0.339 e. The van der Waals surface area contributed by atoms with Gasteiger partial charge in [-0.15, -0.1) is 11.8 Å². The number of benzene rings is 2. The molecule has 0 unspecified atom stereocenters. The molecular formula is C21H23N3O3S2. The Kier molecular flexibility index (Phi) is 6.63. The normalized spacial score (nSPS) is 15.1. The molecule has 3 rings (SSSR count). The molecule has 0 radical (unpaired) electrons. The van der Waals surface area contributed by atoms with Gasteiger partial charge in [0.1, 0.15) is 6.07 Å². The van der Waals surface area contributed by atoms with Gasteiger partial charge in [0.15, 0.2) is 0 Å². The summed E-state index contributed by atoms with van der Waals surface area (Å²) in [4.78, 5) is 15.4. The quantitative estimate of drug-likeness (QED) is 0.683. The van der Waals surface area contributed by atoms with Crippen molar-refractivity contribution in [2.75, 3.05) is 31.9 Å². The molecule has 0 atom stereocenters. The first kappa shape index (κ1) is 21.4. The molecule has 0 N–H and O–H groups in total. The summed E-state index contributed by atoms with van der Waals surface area (Å²) in [6.07, 6.45) is 0. The fourth-order valence-corrected chi connectivity index (χ4v) is 5.77. The third-order valence-corrected chi connectivity index (χ3v) is 8.02. The van der Waals surface area contributed by atoms with Gasteiger partial charge in [-0.05, 0) is 37.6 Å². The SMILES string of the molecule is Cc1ccc(SCC(=O)N2CCN(S(=O)(=O)c3ccccc3C#N)CC2)c(C)c1. The number of aryl methyl sites for hydroxylation is 2. The van der Waals surface area contributed by atoms with Gasteiger partial charge < -0.3 is 4.90 Å². The lowest BCUT2D eigenvalue weighted by Crippen LogP contribution is -2.51. The van der Waals surface area contributed by atoms with Gasteiger partial charge in [0.2, 0.25) is 15.9 Å². The van der Waals surface area contributed by atoms with Crippen molar-refractivity contribution in [1.82, 2.24) is 9.21 Å². The van der Waals surface area contributed by atoms with Crippen LogP contribution in [0.2, 0.25) is 0 Å². The highest BCUT2D eigenvalue weighted by Gasteiger charge is 2.31. The van der Waals surface area contributed by atoms with Crippen molar-refractivity contribution in [3.63, 3.8) is 0 Å². The summed E-state index contributed by atoms with van der Waals surface area (Å²) in [5.74, 6) is 0.331. The van der Waals surface area contributed by atoms with Gasteiger partial charge in [-0.25, -0.2) is 8.42 Å². The van der Waals surface area contributed by atoms with Crippen LogP contribution in [0.4, 0.5) is 0 Å². The summed E-state index contributed by atoms with van der Waals surface area (Å²) in [6, 6.07) is 14.3. The summed E-state index contributed by atoms with van der Waals surface area (Å²) in [5, 5.41) is 9.19. The second-order valence-electron chi connectivity index (χ2n) is 6.95. The van der Waals surface area contributed by atoms with E-state index in [1.165, 1.54) is 33.8 Å². The second kappa shape index (κ2) is 8.99. The molecule has 0 spiro atoms. The van der Waals surface area contributed by atoms with Crippen LogP contribution < -0.4 is 0 Å². The predicted octanol–water partition coefficient (Wildman–Crippen LogP) is 2.80. The van der Waals surface area contributed by atoms with Crippen molar-refractivity contribution in [2.45, 2.75) is 23.6 Å². The average molecular weight is 430 g/mol. The third-order valence-electron chi connectivity index (χ3n) is 4.90. The molecule has 0 aromatic heterocycles. The Bertz CT molecular complexity index is 1050. The molecule has 0 aliphatic carbocycles. The number of carbonyl (C=O) groups is 1. The van der Waals surface area contributed by atoms with Crippen molar-refractivity contribution in [3.05, 3.63) is 59.2 Å². The summed E-state index contributed by atoms with van der Waals surface area (Å²) in [5.41, 5.74) is 2.47. The van der Waals surface area contributed by atoms with E-state index in [0.29, 0.717) is 18.8 Å². The highest BCUT2D eigenvalue weighted by molar-refractivity contribution is 8.00. The minimum absolute atomic E-state index is 0.00412. The number of thioether (sulfide) groups is 1. The van der Waals surface area contributed by atoms with Crippen molar-refractivity contribution in [2.24, 2.45) is 0 Å². The maximum absolute atomic E-state index is 12.9. The molecule has 0 saturated carbocycles. The molecule has 1 heterocycles. The highest BCUT2D eigenvalue weighted by atomic mass is 32.2. The Hall–Kier alpha value is -2.34. The number of sulfonamides is 1. The molecule has 2 aromatic rings. The van der Waals surface area contributed by atoms with Crippen molar-refractivity contribution >= 4 is 27.7 Å². The van der Waals surface area contributed by atoms with Gasteiger partial charge >= 0.3 is 0 Å². The molecule has 8 heteroatoms. The number of amides is 1. The van der Waals surface area contributed by atoms with Crippen LogP contribution in [0.15, 0.2) is 52.3 Å². The lowest BCUT2D eigenvalue weighted by Gasteiger charge is -2.34. The molecule has 152 valence electrons. The van der Waals surface area contributed by atoms with Crippen LogP contribution in [0.1, 0.15) is 16.7 Å². The lowest BCUT2D eigenvalue weighted by molar-refractivity contribution is -0.129. The van der Waals surface area contributed by atoms with Crippen LogP contribution in [0.25, 0.3) is 0 Å². The minimum Gasteiger partial charge on any atom is -0.339 e.